The number of hydrogen-bond acceptors (Lipinski definition) is 3. The predicted molar refractivity (Wildman–Crippen MR) is 84.4 cm³/mol. The second-order valence-corrected chi connectivity index (χ2v) is 5.29. The minimum Gasteiger partial charge on any atom is -0.454 e. The van der Waals surface area contributed by atoms with E-state index in [0.29, 0.717) is 10.9 Å². The largest absolute Gasteiger partial charge is 0.454 e. The standard InChI is InChI=1S/C18H12F3NO3/c19-18(20,21)14-7-3-1-6-12(14)17(24)25-10-16(23)13-9-22-15-8-4-2-5-11(13)15/h1-9,22H,10H2. The molecule has 0 saturated carbocycles. The highest BCUT2D eigenvalue weighted by Crippen LogP contribution is 2.32. The van der Waals surface area contributed by atoms with Crippen LogP contribution < -0.4 is 0 Å². The van der Waals surface area contributed by atoms with Crippen LogP contribution >= 0.6 is 0 Å². The molecule has 1 N–H and O–H groups in total. The Bertz CT molecular complexity index is 944. The molecule has 3 aromatic rings. The quantitative estimate of drug-likeness (QED) is 0.568. The summed E-state index contributed by atoms with van der Waals surface area (Å²) in [6.45, 7) is -0.646. The van der Waals surface area contributed by atoms with E-state index in [1.165, 1.54) is 18.3 Å². The van der Waals surface area contributed by atoms with E-state index in [2.05, 4.69) is 4.98 Å². The Morgan fingerprint density at radius 1 is 0.960 bits per heavy atom. The third-order valence-corrected chi connectivity index (χ3v) is 3.68. The molecular weight excluding hydrogens is 335 g/mol. The zero-order valence-corrected chi connectivity index (χ0v) is 12.8. The van der Waals surface area contributed by atoms with Gasteiger partial charge < -0.3 is 9.72 Å². The summed E-state index contributed by atoms with van der Waals surface area (Å²) in [7, 11) is 0. The van der Waals surface area contributed by atoms with Crippen molar-refractivity contribution in [1.29, 1.82) is 0 Å². The van der Waals surface area contributed by atoms with Gasteiger partial charge in [-0.2, -0.15) is 13.2 Å². The number of halogens is 3. The maximum Gasteiger partial charge on any atom is 0.417 e. The SMILES string of the molecule is O=C(OCC(=O)c1c[nH]c2ccccc12)c1ccccc1C(F)(F)F. The van der Waals surface area contributed by atoms with Gasteiger partial charge in [-0.1, -0.05) is 30.3 Å². The highest BCUT2D eigenvalue weighted by Gasteiger charge is 2.35. The Morgan fingerprint density at radius 2 is 1.64 bits per heavy atom. The lowest BCUT2D eigenvalue weighted by atomic mass is 10.1. The molecule has 0 fully saturated rings. The van der Waals surface area contributed by atoms with Crippen molar-refractivity contribution in [3.63, 3.8) is 0 Å². The molecule has 128 valence electrons. The van der Waals surface area contributed by atoms with Crippen LogP contribution in [0.1, 0.15) is 26.3 Å². The number of aromatic amines is 1. The number of esters is 1. The van der Waals surface area contributed by atoms with Crippen LogP contribution in [-0.4, -0.2) is 23.3 Å². The smallest absolute Gasteiger partial charge is 0.417 e. The van der Waals surface area contributed by atoms with Gasteiger partial charge in [0, 0.05) is 22.7 Å². The van der Waals surface area contributed by atoms with E-state index in [9.17, 15) is 22.8 Å². The molecule has 1 heterocycles. The molecule has 25 heavy (non-hydrogen) atoms. The van der Waals surface area contributed by atoms with Crippen LogP contribution in [0.2, 0.25) is 0 Å². The van der Waals surface area contributed by atoms with Gasteiger partial charge in [-0.25, -0.2) is 4.79 Å². The predicted octanol–water partition coefficient (Wildman–Crippen LogP) is 4.23. The number of alkyl halides is 3. The van der Waals surface area contributed by atoms with E-state index >= 15 is 0 Å². The van der Waals surface area contributed by atoms with Gasteiger partial charge in [0.15, 0.2) is 6.61 Å². The summed E-state index contributed by atoms with van der Waals surface area (Å²) in [5.41, 5.74) is -0.673. The van der Waals surface area contributed by atoms with Gasteiger partial charge in [0.05, 0.1) is 11.1 Å². The molecule has 0 aliphatic carbocycles. The summed E-state index contributed by atoms with van der Waals surface area (Å²) < 4.78 is 43.6. The second kappa shape index (κ2) is 6.43. The fourth-order valence-corrected chi connectivity index (χ4v) is 2.50. The number of nitrogens with one attached hydrogen (secondary N) is 1. The van der Waals surface area contributed by atoms with Crippen molar-refractivity contribution in [2.24, 2.45) is 0 Å². The number of ketones is 1. The molecule has 0 radical (unpaired) electrons. The molecule has 0 spiro atoms. The molecule has 0 bridgehead atoms. The lowest BCUT2D eigenvalue weighted by molar-refractivity contribution is -0.138. The number of para-hydroxylation sites is 1. The highest BCUT2D eigenvalue weighted by atomic mass is 19.4. The van der Waals surface area contributed by atoms with Gasteiger partial charge >= 0.3 is 12.1 Å². The van der Waals surface area contributed by atoms with Crippen LogP contribution in [0.15, 0.2) is 54.7 Å². The number of benzene rings is 2. The number of aromatic nitrogens is 1. The first-order valence-electron chi connectivity index (χ1n) is 7.30. The van der Waals surface area contributed by atoms with Gasteiger partial charge in [-0.05, 0) is 18.2 Å². The zero-order chi connectivity index (χ0) is 18.0. The Morgan fingerprint density at radius 3 is 2.40 bits per heavy atom. The molecular formula is C18H12F3NO3. The average Bonchev–Trinajstić information content (AvgIpc) is 3.03. The normalized spacial score (nSPS) is 11.5. The first-order chi connectivity index (χ1) is 11.9. The number of rotatable bonds is 4. The van der Waals surface area contributed by atoms with Crippen LogP contribution in [0.4, 0.5) is 13.2 Å². The number of carbonyl (C=O) groups excluding carboxylic acids is 2. The van der Waals surface area contributed by atoms with Gasteiger partial charge in [-0.3, -0.25) is 4.79 Å². The Balaban J connectivity index is 1.76. The van der Waals surface area contributed by atoms with Crippen molar-refractivity contribution < 1.29 is 27.5 Å². The molecule has 4 nitrogen and oxygen atoms in total. The van der Waals surface area contributed by atoms with Crippen molar-refractivity contribution in [2.45, 2.75) is 6.18 Å². The molecule has 0 atom stereocenters. The van der Waals surface area contributed by atoms with Gasteiger partial charge in [0.25, 0.3) is 0 Å². The Hall–Kier alpha value is -3.09. The van der Waals surface area contributed by atoms with E-state index in [4.69, 9.17) is 4.74 Å². The van der Waals surface area contributed by atoms with Crippen LogP contribution in [0, 0.1) is 0 Å². The van der Waals surface area contributed by atoms with Crippen molar-refractivity contribution in [3.05, 3.63) is 71.4 Å². The monoisotopic (exact) mass is 347 g/mol. The fourth-order valence-electron chi connectivity index (χ4n) is 2.50. The topological polar surface area (TPSA) is 59.2 Å². The summed E-state index contributed by atoms with van der Waals surface area (Å²) in [6.07, 6.45) is -3.21. The number of Topliss-reactive ketones (excluding diaryl/α,β-unsaturated/α-hetero) is 1. The van der Waals surface area contributed by atoms with Gasteiger partial charge in [0.2, 0.25) is 5.78 Å². The van der Waals surface area contributed by atoms with Crippen molar-refractivity contribution in [1.82, 2.24) is 4.98 Å². The fraction of sp³-hybridized carbons (Fsp3) is 0.111. The first-order valence-corrected chi connectivity index (χ1v) is 7.30. The van der Waals surface area contributed by atoms with E-state index in [1.807, 2.05) is 0 Å². The summed E-state index contributed by atoms with van der Waals surface area (Å²) in [6, 6.07) is 11.3. The maximum atomic E-state index is 12.9. The number of ether oxygens (including phenoxy) is 1. The first kappa shape index (κ1) is 16.8. The van der Waals surface area contributed by atoms with Gasteiger partial charge in [0.1, 0.15) is 0 Å². The highest BCUT2D eigenvalue weighted by molar-refractivity contribution is 6.09. The van der Waals surface area contributed by atoms with E-state index < -0.39 is 35.7 Å². The average molecular weight is 347 g/mol. The molecule has 0 aliphatic rings. The van der Waals surface area contributed by atoms with Crippen LogP contribution in [0.5, 0.6) is 0 Å². The Labute approximate surface area is 140 Å². The lowest BCUT2D eigenvalue weighted by Gasteiger charge is -2.11. The summed E-state index contributed by atoms with van der Waals surface area (Å²) in [5, 5.41) is 0.652. The van der Waals surface area contributed by atoms with Crippen LogP contribution in [-0.2, 0) is 10.9 Å². The lowest BCUT2D eigenvalue weighted by Crippen LogP contribution is -2.18. The molecule has 0 aliphatic heterocycles. The van der Waals surface area contributed by atoms with Gasteiger partial charge in [-0.15, -0.1) is 0 Å². The number of H-pyrrole nitrogens is 1. The zero-order valence-electron chi connectivity index (χ0n) is 12.8. The molecule has 1 aromatic heterocycles. The molecule has 0 amide bonds. The summed E-state index contributed by atoms with van der Waals surface area (Å²) in [4.78, 5) is 27.1. The van der Waals surface area contributed by atoms with Crippen LogP contribution in [0.25, 0.3) is 10.9 Å². The molecule has 0 saturated heterocycles. The molecule has 3 rings (SSSR count). The molecule has 7 heteroatoms. The third kappa shape index (κ3) is 3.40. The van der Waals surface area contributed by atoms with E-state index in [1.54, 1.807) is 24.3 Å². The Kier molecular flexibility index (Phi) is 4.31. The van der Waals surface area contributed by atoms with Crippen molar-refractivity contribution in [2.75, 3.05) is 6.61 Å². The minimum absolute atomic E-state index is 0.313. The molecule has 2 aromatic carbocycles. The summed E-state index contributed by atoms with van der Waals surface area (Å²) >= 11 is 0. The summed E-state index contributed by atoms with van der Waals surface area (Å²) in [5.74, 6) is -1.70. The number of carbonyl (C=O) groups is 2. The number of fused-ring (bicyclic) bond motifs is 1. The van der Waals surface area contributed by atoms with Crippen molar-refractivity contribution in [3.8, 4) is 0 Å². The van der Waals surface area contributed by atoms with E-state index in [0.717, 1.165) is 17.6 Å². The molecule has 0 unspecified atom stereocenters. The van der Waals surface area contributed by atoms with E-state index in [-0.39, 0.29) is 0 Å². The third-order valence-electron chi connectivity index (χ3n) is 3.68. The number of hydrogen-bond donors (Lipinski definition) is 1. The second-order valence-electron chi connectivity index (χ2n) is 5.29. The van der Waals surface area contributed by atoms with Crippen LogP contribution in [0.3, 0.4) is 0 Å². The maximum absolute atomic E-state index is 12.9. The minimum atomic E-state index is -4.68. The van der Waals surface area contributed by atoms with Crippen molar-refractivity contribution >= 4 is 22.7 Å².